The molecule has 1 aromatic rings. The Kier molecular flexibility index (Phi) is 3.39. The normalized spacial score (nSPS) is 15.4. The maximum absolute atomic E-state index is 13.2. The van der Waals surface area contributed by atoms with Crippen LogP contribution in [0.15, 0.2) is 24.3 Å². The van der Waals surface area contributed by atoms with Gasteiger partial charge in [-0.15, -0.1) is 0 Å². The Bertz CT molecular complexity index is 273. The largest absolute Gasteiger partial charge is 0.390 e. The van der Waals surface area contributed by atoms with Crippen molar-refractivity contribution < 1.29 is 14.2 Å². The fourth-order valence-electron chi connectivity index (χ4n) is 1.29. The summed E-state index contributed by atoms with van der Waals surface area (Å²) in [5.74, 6) is -0.352. The van der Waals surface area contributed by atoms with Crippen molar-refractivity contribution >= 4 is 0 Å². The first-order valence-electron chi connectivity index (χ1n) is 4.12. The number of hydrogen-bond acceptors (Lipinski definition) is 2. The van der Waals surface area contributed by atoms with Crippen LogP contribution < -0.4 is 0 Å². The summed E-state index contributed by atoms with van der Waals surface area (Å²) in [4.78, 5) is 0. The molecule has 0 heterocycles. The Hall–Kier alpha value is -0.930. The van der Waals surface area contributed by atoms with E-state index in [9.17, 15) is 9.50 Å². The zero-order valence-corrected chi connectivity index (χ0v) is 7.70. The van der Waals surface area contributed by atoms with Gasteiger partial charge >= 0.3 is 0 Å². The van der Waals surface area contributed by atoms with Crippen LogP contribution in [0.5, 0.6) is 0 Å². The van der Waals surface area contributed by atoms with Crippen LogP contribution in [0.1, 0.15) is 18.6 Å². The van der Waals surface area contributed by atoms with Crippen molar-refractivity contribution in [3.05, 3.63) is 35.6 Å². The van der Waals surface area contributed by atoms with Gasteiger partial charge in [0.25, 0.3) is 0 Å². The summed E-state index contributed by atoms with van der Waals surface area (Å²) < 4.78 is 18.2. The van der Waals surface area contributed by atoms with E-state index in [1.54, 1.807) is 25.1 Å². The van der Waals surface area contributed by atoms with Gasteiger partial charge in [0.1, 0.15) is 11.9 Å². The molecule has 0 saturated carbocycles. The van der Waals surface area contributed by atoms with E-state index in [2.05, 4.69) is 0 Å². The lowest BCUT2D eigenvalue weighted by Crippen LogP contribution is -2.17. The number of rotatable bonds is 3. The Balaban J connectivity index is 2.97. The van der Waals surface area contributed by atoms with E-state index in [0.717, 1.165) is 0 Å². The first kappa shape index (κ1) is 10.2. The van der Waals surface area contributed by atoms with Crippen molar-refractivity contribution in [3.63, 3.8) is 0 Å². The number of aliphatic hydroxyl groups is 1. The van der Waals surface area contributed by atoms with E-state index in [1.807, 2.05) is 0 Å². The van der Waals surface area contributed by atoms with Crippen LogP contribution in [0, 0.1) is 5.82 Å². The Morgan fingerprint density at radius 1 is 1.38 bits per heavy atom. The molecule has 0 unspecified atom stereocenters. The summed E-state index contributed by atoms with van der Waals surface area (Å²) in [7, 11) is 1.45. The summed E-state index contributed by atoms with van der Waals surface area (Å²) in [6.45, 7) is 1.57. The third kappa shape index (κ3) is 2.26. The fraction of sp³-hybridized carbons (Fsp3) is 0.400. The first-order valence-corrected chi connectivity index (χ1v) is 4.12. The number of ether oxygens (including phenoxy) is 1. The number of methoxy groups -OCH3 is 1. The maximum atomic E-state index is 13.2. The molecule has 2 nitrogen and oxygen atoms in total. The zero-order chi connectivity index (χ0) is 9.84. The molecule has 0 aromatic heterocycles. The highest BCUT2D eigenvalue weighted by Crippen LogP contribution is 2.22. The van der Waals surface area contributed by atoms with Crippen molar-refractivity contribution in [3.8, 4) is 0 Å². The molecule has 1 N–H and O–H groups in total. The summed E-state index contributed by atoms with van der Waals surface area (Å²) in [5.41, 5.74) is 0.389. The van der Waals surface area contributed by atoms with E-state index in [0.29, 0.717) is 5.56 Å². The second-order valence-electron chi connectivity index (χ2n) is 2.92. The standard InChI is InChI=1S/C10H13FO2/c1-7(12)10(13-2)8-5-3-4-6-9(8)11/h3-7,10,12H,1-2H3/t7-,10+/m0/s1. The molecule has 1 aromatic carbocycles. The molecule has 0 fully saturated rings. The predicted molar refractivity (Wildman–Crippen MR) is 47.8 cm³/mol. The molecule has 0 saturated heterocycles. The molecule has 0 aliphatic carbocycles. The van der Waals surface area contributed by atoms with E-state index < -0.39 is 12.2 Å². The lowest BCUT2D eigenvalue weighted by atomic mass is 10.0. The first-order chi connectivity index (χ1) is 6.16. The molecule has 0 amide bonds. The highest BCUT2D eigenvalue weighted by atomic mass is 19.1. The lowest BCUT2D eigenvalue weighted by molar-refractivity contribution is -0.00548. The molecule has 3 heteroatoms. The van der Waals surface area contributed by atoms with Crippen molar-refractivity contribution in [2.24, 2.45) is 0 Å². The van der Waals surface area contributed by atoms with Crippen LogP contribution in [-0.4, -0.2) is 18.3 Å². The van der Waals surface area contributed by atoms with Gasteiger partial charge in [0.05, 0.1) is 6.10 Å². The fourth-order valence-corrected chi connectivity index (χ4v) is 1.29. The van der Waals surface area contributed by atoms with Crippen LogP contribution >= 0.6 is 0 Å². The second kappa shape index (κ2) is 4.35. The molecule has 0 radical (unpaired) electrons. The maximum Gasteiger partial charge on any atom is 0.129 e. The van der Waals surface area contributed by atoms with Crippen molar-refractivity contribution in [1.29, 1.82) is 0 Å². The SMILES string of the molecule is CO[C@@H](c1ccccc1F)[C@H](C)O. The van der Waals surface area contributed by atoms with Gasteiger partial charge in [0.15, 0.2) is 0 Å². The molecule has 0 spiro atoms. The van der Waals surface area contributed by atoms with Gasteiger partial charge in [-0.1, -0.05) is 18.2 Å². The molecule has 0 aliphatic rings. The van der Waals surface area contributed by atoms with E-state index in [1.165, 1.54) is 13.2 Å². The summed E-state index contributed by atoms with van der Waals surface area (Å²) in [6.07, 6.45) is -1.32. The summed E-state index contributed by atoms with van der Waals surface area (Å²) in [6, 6.07) is 6.28. The molecule has 0 bridgehead atoms. The van der Waals surface area contributed by atoms with Crippen LogP contribution in [-0.2, 0) is 4.74 Å². The minimum Gasteiger partial charge on any atom is -0.390 e. The van der Waals surface area contributed by atoms with Gasteiger partial charge in [0, 0.05) is 12.7 Å². The van der Waals surface area contributed by atoms with Crippen molar-refractivity contribution in [2.45, 2.75) is 19.1 Å². The van der Waals surface area contributed by atoms with Gasteiger partial charge in [0.2, 0.25) is 0 Å². The average Bonchev–Trinajstić information content (AvgIpc) is 2.09. The van der Waals surface area contributed by atoms with Crippen LogP contribution in [0.2, 0.25) is 0 Å². The lowest BCUT2D eigenvalue weighted by Gasteiger charge is -2.18. The van der Waals surface area contributed by atoms with Gasteiger partial charge in [-0.25, -0.2) is 4.39 Å². The van der Waals surface area contributed by atoms with Gasteiger partial charge < -0.3 is 9.84 Å². The smallest absolute Gasteiger partial charge is 0.129 e. The predicted octanol–water partition coefficient (Wildman–Crippen LogP) is 1.89. The van der Waals surface area contributed by atoms with Crippen molar-refractivity contribution in [2.75, 3.05) is 7.11 Å². The zero-order valence-electron chi connectivity index (χ0n) is 7.70. The summed E-state index contributed by atoms with van der Waals surface area (Å²) in [5, 5.41) is 9.30. The number of aliphatic hydroxyl groups excluding tert-OH is 1. The monoisotopic (exact) mass is 184 g/mol. The van der Waals surface area contributed by atoms with E-state index in [4.69, 9.17) is 4.74 Å². The highest BCUT2D eigenvalue weighted by Gasteiger charge is 2.19. The minimum atomic E-state index is -0.720. The number of halogens is 1. The van der Waals surface area contributed by atoms with Crippen LogP contribution in [0.25, 0.3) is 0 Å². The highest BCUT2D eigenvalue weighted by molar-refractivity contribution is 5.20. The molecule has 13 heavy (non-hydrogen) atoms. The minimum absolute atomic E-state index is 0.352. The third-order valence-corrected chi connectivity index (χ3v) is 1.90. The summed E-state index contributed by atoms with van der Waals surface area (Å²) >= 11 is 0. The Labute approximate surface area is 77.0 Å². The topological polar surface area (TPSA) is 29.5 Å². The molecular formula is C10H13FO2. The Morgan fingerprint density at radius 3 is 2.46 bits per heavy atom. The molecular weight excluding hydrogens is 171 g/mol. The second-order valence-corrected chi connectivity index (χ2v) is 2.92. The molecule has 0 aliphatic heterocycles. The van der Waals surface area contributed by atoms with E-state index in [-0.39, 0.29) is 5.82 Å². The van der Waals surface area contributed by atoms with Gasteiger partial charge in [-0.05, 0) is 13.0 Å². The average molecular weight is 184 g/mol. The molecule has 2 atom stereocenters. The third-order valence-electron chi connectivity index (χ3n) is 1.90. The molecule has 1 rings (SSSR count). The number of hydrogen-bond donors (Lipinski definition) is 1. The quantitative estimate of drug-likeness (QED) is 0.777. The van der Waals surface area contributed by atoms with Crippen molar-refractivity contribution in [1.82, 2.24) is 0 Å². The number of benzene rings is 1. The van der Waals surface area contributed by atoms with Gasteiger partial charge in [-0.3, -0.25) is 0 Å². The van der Waals surface area contributed by atoms with Crippen LogP contribution in [0.3, 0.4) is 0 Å². The molecule has 72 valence electrons. The van der Waals surface area contributed by atoms with E-state index >= 15 is 0 Å². The van der Waals surface area contributed by atoms with Crippen LogP contribution in [0.4, 0.5) is 4.39 Å². The van der Waals surface area contributed by atoms with Gasteiger partial charge in [-0.2, -0.15) is 0 Å². The Morgan fingerprint density at radius 2 is 2.00 bits per heavy atom.